The second-order valence-electron chi connectivity index (χ2n) is 7.71. The van der Waals surface area contributed by atoms with Gasteiger partial charge in [0.15, 0.2) is 0 Å². The maximum Gasteiger partial charge on any atom is 0.0781 e. The summed E-state index contributed by atoms with van der Waals surface area (Å²) in [5, 5.41) is 21.6. The van der Waals surface area contributed by atoms with Crippen LogP contribution in [0.3, 0.4) is 0 Å². The lowest BCUT2D eigenvalue weighted by Crippen LogP contribution is -2.73. The van der Waals surface area contributed by atoms with Crippen LogP contribution in [0.5, 0.6) is 0 Å². The first kappa shape index (κ1) is 12.0. The van der Waals surface area contributed by atoms with Crippen LogP contribution in [0.2, 0.25) is 0 Å². The van der Waals surface area contributed by atoms with Crippen molar-refractivity contribution in [1.82, 2.24) is 0 Å². The van der Waals surface area contributed by atoms with E-state index in [0.29, 0.717) is 24.2 Å². The van der Waals surface area contributed by atoms with E-state index in [0.717, 1.165) is 6.42 Å². The van der Waals surface area contributed by atoms with Crippen molar-refractivity contribution in [3.05, 3.63) is 0 Å². The van der Waals surface area contributed by atoms with E-state index in [9.17, 15) is 10.2 Å². The molecule has 0 saturated heterocycles. The van der Waals surface area contributed by atoms with Crippen molar-refractivity contribution in [2.45, 2.75) is 65.1 Å². The van der Waals surface area contributed by atoms with Crippen molar-refractivity contribution in [2.24, 2.45) is 28.6 Å². The molecule has 0 amide bonds. The van der Waals surface area contributed by atoms with Gasteiger partial charge in [-0.15, -0.1) is 0 Å². The molecule has 0 unspecified atom stereocenters. The van der Waals surface area contributed by atoms with Gasteiger partial charge in [0.05, 0.1) is 11.7 Å². The lowest BCUT2D eigenvalue weighted by molar-refractivity contribution is -0.308. The summed E-state index contributed by atoms with van der Waals surface area (Å²) in [6, 6.07) is 0. The first-order valence-electron chi connectivity index (χ1n) is 7.14. The largest absolute Gasteiger partial charge is 0.393 e. The zero-order valence-corrected chi connectivity index (χ0v) is 11.5. The average molecular weight is 238 g/mol. The molecule has 2 heteroatoms. The molecule has 2 N–H and O–H groups in total. The summed E-state index contributed by atoms with van der Waals surface area (Å²) < 4.78 is 0. The molecule has 4 bridgehead atoms. The summed E-state index contributed by atoms with van der Waals surface area (Å²) in [6.45, 7) is 8.88. The monoisotopic (exact) mass is 238 g/mol. The quantitative estimate of drug-likeness (QED) is 0.681. The van der Waals surface area contributed by atoms with Gasteiger partial charge in [-0.3, -0.25) is 0 Å². The Labute approximate surface area is 104 Å². The highest BCUT2D eigenvalue weighted by Crippen LogP contribution is 2.71. The second-order valence-corrected chi connectivity index (χ2v) is 7.71. The fourth-order valence-electron chi connectivity index (χ4n) is 5.63. The first-order chi connectivity index (χ1) is 7.74. The van der Waals surface area contributed by atoms with E-state index >= 15 is 0 Å². The molecule has 4 fully saturated rings. The lowest BCUT2D eigenvalue weighted by Gasteiger charge is -2.72. The lowest BCUT2D eigenvalue weighted by atomic mass is 9.35. The number of rotatable bonds is 0. The Morgan fingerprint density at radius 3 is 2.47 bits per heavy atom. The van der Waals surface area contributed by atoms with Crippen LogP contribution >= 0.6 is 0 Å². The van der Waals surface area contributed by atoms with Crippen molar-refractivity contribution in [3.63, 3.8) is 0 Å². The van der Waals surface area contributed by atoms with Gasteiger partial charge in [0, 0.05) is 11.8 Å². The number of hydrogen-bond acceptors (Lipinski definition) is 2. The van der Waals surface area contributed by atoms with Crippen molar-refractivity contribution in [3.8, 4) is 0 Å². The highest BCUT2D eigenvalue weighted by molar-refractivity contribution is 5.20. The number of hydrogen-bond donors (Lipinski definition) is 2. The molecule has 4 aliphatic rings. The maximum atomic E-state index is 11.3. The minimum absolute atomic E-state index is 0.0178. The summed E-state index contributed by atoms with van der Waals surface area (Å²) in [7, 11) is 0. The predicted octanol–water partition coefficient (Wildman–Crippen LogP) is 2.58. The van der Waals surface area contributed by atoms with Gasteiger partial charge in [-0.05, 0) is 42.4 Å². The molecule has 0 aliphatic heterocycles. The fourth-order valence-corrected chi connectivity index (χ4v) is 5.63. The molecule has 0 aromatic carbocycles. The van der Waals surface area contributed by atoms with Gasteiger partial charge in [-0.25, -0.2) is 0 Å². The minimum Gasteiger partial charge on any atom is -0.393 e. The molecule has 4 aliphatic carbocycles. The molecule has 2 nitrogen and oxygen atoms in total. The summed E-state index contributed by atoms with van der Waals surface area (Å²) >= 11 is 0. The Hall–Kier alpha value is -0.0800. The molecule has 0 aromatic rings. The standard InChI is InChI=1S/C15H26O2/c1-9-11-7-10-5-6-14(11,4)15(17,8-12(9)16)13(10,2)3/h9-12,16-17H,5-8H2,1-4H3/t9-,10-,11+,12-,14+,15-/m1/s1. The first-order valence-corrected chi connectivity index (χ1v) is 7.14. The van der Waals surface area contributed by atoms with E-state index < -0.39 is 5.60 Å². The zero-order valence-electron chi connectivity index (χ0n) is 11.5. The SMILES string of the molecule is C[C@H]1[C@H](O)C[C@@]2(O)C(C)(C)[C@@H]3CC[C@@]2(C)[C@H]1C3. The predicted molar refractivity (Wildman–Crippen MR) is 67.5 cm³/mol. The highest BCUT2D eigenvalue weighted by Gasteiger charge is 2.71. The molecular formula is C15H26O2. The topological polar surface area (TPSA) is 40.5 Å². The third kappa shape index (κ3) is 1.10. The van der Waals surface area contributed by atoms with Gasteiger partial charge in [-0.2, -0.15) is 0 Å². The third-order valence-corrected chi connectivity index (χ3v) is 7.15. The number of aliphatic hydroxyl groups excluding tert-OH is 1. The summed E-state index contributed by atoms with van der Waals surface area (Å²) in [5.41, 5.74) is -0.695. The van der Waals surface area contributed by atoms with Crippen molar-refractivity contribution in [2.75, 3.05) is 0 Å². The van der Waals surface area contributed by atoms with Gasteiger partial charge in [-0.1, -0.05) is 27.7 Å². The number of aliphatic hydroxyl groups is 2. The third-order valence-electron chi connectivity index (χ3n) is 7.15. The van der Waals surface area contributed by atoms with Crippen molar-refractivity contribution >= 4 is 0 Å². The van der Waals surface area contributed by atoms with Gasteiger partial charge in [0.1, 0.15) is 0 Å². The van der Waals surface area contributed by atoms with Crippen LogP contribution in [-0.2, 0) is 0 Å². The van der Waals surface area contributed by atoms with Gasteiger partial charge < -0.3 is 10.2 Å². The van der Waals surface area contributed by atoms with Crippen LogP contribution in [0.25, 0.3) is 0 Å². The van der Waals surface area contributed by atoms with Crippen LogP contribution in [0, 0.1) is 28.6 Å². The van der Waals surface area contributed by atoms with Crippen LogP contribution in [0.4, 0.5) is 0 Å². The molecule has 17 heavy (non-hydrogen) atoms. The normalized spacial score (nSPS) is 60.4. The van der Waals surface area contributed by atoms with Crippen LogP contribution in [-0.4, -0.2) is 21.9 Å². The zero-order chi connectivity index (χ0) is 12.6. The van der Waals surface area contributed by atoms with Crippen LogP contribution in [0.1, 0.15) is 53.4 Å². The molecule has 0 spiro atoms. The molecular weight excluding hydrogens is 212 g/mol. The Bertz CT molecular complexity index is 351. The molecule has 0 heterocycles. The maximum absolute atomic E-state index is 11.3. The average Bonchev–Trinajstić information content (AvgIpc) is 2.24. The molecule has 0 radical (unpaired) electrons. The summed E-state index contributed by atoms with van der Waals surface area (Å²) in [5.74, 6) is 1.48. The van der Waals surface area contributed by atoms with Crippen molar-refractivity contribution < 1.29 is 10.2 Å². The summed E-state index contributed by atoms with van der Waals surface area (Å²) in [4.78, 5) is 0. The fraction of sp³-hybridized carbons (Fsp3) is 1.00. The molecule has 6 atom stereocenters. The van der Waals surface area contributed by atoms with Crippen LogP contribution < -0.4 is 0 Å². The molecule has 4 saturated carbocycles. The van der Waals surface area contributed by atoms with E-state index in [1.54, 1.807) is 0 Å². The molecule has 0 aromatic heterocycles. The Balaban J connectivity index is 2.14. The van der Waals surface area contributed by atoms with E-state index in [4.69, 9.17) is 0 Å². The number of fused-ring (bicyclic) bond motifs is 1. The smallest absolute Gasteiger partial charge is 0.0781 e. The van der Waals surface area contributed by atoms with Gasteiger partial charge in [0.25, 0.3) is 0 Å². The van der Waals surface area contributed by atoms with Crippen molar-refractivity contribution in [1.29, 1.82) is 0 Å². The van der Waals surface area contributed by atoms with E-state index in [1.807, 2.05) is 0 Å². The van der Waals surface area contributed by atoms with Gasteiger partial charge in [0.2, 0.25) is 0 Å². The van der Waals surface area contributed by atoms with E-state index in [1.165, 1.54) is 12.8 Å². The summed E-state index contributed by atoms with van der Waals surface area (Å²) in [6.07, 6.45) is 3.84. The second kappa shape index (κ2) is 3.08. The minimum atomic E-state index is -0.669. The van der Waals surface area contributed by atoms with E-state index in [-0.39, 0.29) is 16.9 Å². The molecule has 98 valence electrons. The molecule has 4 rings (SSSR count). The Kier molecular flexibility index (Phi) is 2.17. The Morgan fingerprint density at radius 1 is 1.18 bits per heavy atom. The van der Waals surface area contributed by atoms with Gasteiger partial charge >= 0.3 is 0 Å². The highest BCUT2D eigenvalue weighted by atomic mass is 16.3. The van der Waals surface area contributed by atoms with Crippen LogP contribution in [0.15, 0.2) is 0 Å². The van der Waals surface area contributed by atoms with E-state index in [2.05, 4.69) is 27.7 Å². The Morgan fingerprint density at radius 2 is 1.82 bits per heavy atom.